The fourth-order valence-electron chi connectivity index (χ4n) is 1.53. The molecule has 1 aromatic heterocycles. The van der Waals surface area contributed by atoms with Crippen LogP contribution in [0.4, 0.5) is 15.9 Å². The van der Waals surface area contributed by atoms with Crippen LogP contribution in [0.2, 0.25) is 0 Å². The van der Waals surface area contributed by atoms with Crippen LogP contribution in [-0.2, 0) is 6.42 Å². The van der Waals surface area contributed by atoms with Crippen molar-refractivity contribution in [2.75, 3.05) is 17.6 Å². The highest BCUT2D eigenvalue weighted by molar-refractivity contribution is 5.58. The molecule has 4 N–H and O–H groups in total. The Morgan fingerprint density at radius 1 is 1.33 bits per heavy atom. The summed E-state index contributed by atoms with van der Waals surface area (Å²) in [4.78, 5) is 17.5. The lowest BCUT2D eigenvalue weighted by molar-refractivity contribution is 0.627. The van der Waals surface area contributed by atoms with Gasteiger partial charge in [-0.05, 0) is 24.1 Å². The lowest BCUT2D eigenvalue weighted by Crippen LogP contribution is -2.17. The molecule has 94 valence electrons. The molecule has 18 heavy (non-hydrogen) atoms. The molecule has 0 aliphatic heterocycles. The summed E-state index contributed by atoms with van der Waals surface area (Å²) in [7, 11) is 0. The number of aromatic amines is 1. The van der Waals surface area contributed by atoms with Gasteiger partial charge in [0.25, 0.3) is 5.56 Å². The molecule has 0 unspecified atom stereocenters. The van der Waals surface area contributed by atoms with E-state index in [1.165, 1.54) is 18.5 Å². The first kappa shape index (κ1) is 12.1. The zero-order valence-corrected chi connectivity index (χ0v) is 9.61. The van der Waals surface area contributed by atoms with Crippen molar-refractivity contribution in [3.63, 3.8) is 0 Å². The minimum atomic E-state index is -0.366. The Hall–Kier alpha value is -2.37. The zero-order valence-electron chi connectivity index (χ0n) is 9.61. The maximum atomic E-state index is 12.7. The summed E-state index contributed by atoms with van der Waals surface area (Å²) in [5.74, 6) is 0.105. The largest absolute Gasteiger partial charge is 0.391 e. The predicted molar refractivity (Wildman–Crippen MR) is 67.9 cm³/mol. The second kappa shape index (κ2) is 5.31. The molecule has 0 saturated carbocycles. The van der Waals surface area contributed by atoms with Crippen LogP contribution in [0.25, 0.3) is 0 Å². The maximum Gasteiger partial charge on any atom is 0.276 e. The van der Waals surface area contributed by atoms with Crippen molar-refractivity contribution < 1.29 is 4.39 Å². The second-order valence-electron chi connectivity index (χ2n) is 3.80. The first-order valence-electron chi connectivity index (χ1n) is 5.48. The topological polar surface area (TPSA) is 83.8 Å². The van der Waals surface area contributed by atoms with Crippen LogP contribution >= 0.6 is 0 Å². The molecule has 0 bridgehead atoms. The molecule has 0 atom stereocenters. The van der Waals surface area contributed by atoms with E-state index in [2.05, 4.69) is 15.3 Å². The fourth-order valence-corrected chi connectivity index (χ4v) is 1.53. The Morgan fingerprint density at radius 2 is 2.06 bits per heavy atom. The summed E-state index contributed by atoms with van der Waals surface area (Å²) in [5.41, 5.74) is 6.26. The van der Waals surface area contributed by atoms with Gasteiger partial charge in [0, 0.05) is 6.54 Å². The van der Waals surface area contributed by atoms with Gasteiger partial charge in [0.1, 0.15) is 11.5 Å². The first-order valence-corrected chi connectivity index (χ1v) is 5.48. The van der Waals surface area contributed by atoms with Crippen molar-refractivity contribution in [3.8, 4) is 0 Å². The smallest absolute Gasteiger partial charge is 0.276 e. The van der Waals surface area contributed by atoms with E-state index in [-0.39, 0.29) is 17.1 Å². The summed E-state index contributed by atoms with van der Waals surface area (Å²) in [5, 5.41) is 2.97. The van der Waals surface area contributed by atoms with Gasteiger partial charge in [-0.15, -0.1) is 0 Å². The number of nitrogens with one attached hydrogen (secondary N) is 2. The third kappa shape index (κ3) is 2.85. The monoisotopic (exact) mass is 248 g/mol. The van der Waals surface area contributed by atoms with Crippen LogP contribution in [0.5, 0.6) is 0 Å². The minimum Gasteiger partial charge on any atom is -0.391 e. The van der Waals surface area contributed by atoms with E-state index in [1.807, 2.05) is 0 Å². The van der Waals surface area contributed by atoms with Gasteiger partial charge in [0.15, 0.2) is 5.82 Å². The number of aromatic nitrogens is 2. The molecule has 0 amide bonds. The lowest BCUT2D eigenvalue weighted by atomic mass is 10.1. The highest BCUT2D eigenvalue weighted by Crippen LogP contribution is 2.08. The molecule has 5 nitrogen and oxygen atoms in total. The van der Waals surface area contributed by atoms with E-state index < -0.39 is 0 Å². The normalized spacial score (nSPS) is 10.3. The molecule has 0 aliphatic rings. The van der Waals surface area contributed by atoms with Crippen molar-refractivity contribution in [2.45, 2.75) is 6.42 Å². The summed E-state index contributed by atoms with van der Waals surface area (Å²) in [6.45, 7) is 0.562. The average Bonchev–Trinajstić information content (AvgIpc) is 2.37. The van der Waals surface area contributed by atoms with Gasteiger partial charge >= 0.3 is 0 Å². The van der Waals surface area contributed by atoms with Crippen molar-refractivity contribution in [1.29, 1.82) is 0 Å². The highest BCUT2D eigenvalue weighted by Gasteiger charge is 2.03. The van der Waals surface area contributed by atoms with Gasteiger partial charge in [-0.3, -0.25) is 4.79 Å². The highest BCUT2D eigenvalue weighted by atomic mass is 19.1. The van der Waals surface area contributed by atoms with Crippen LogP contribution in [0.1, 0.15) is 5.56 Å². The number of nitrogen functional groups attached to an aromatic ring is 1. The Kier molecular flexibility index (Phi) is 3.57. The predicted octanol–water partition coefficient (Wildman–Crippen LogP) is 1.15. The first-order chi connectivity index (χ1) is 8.66. The summed E-state index contributed by atoms with van der Waals surface area (Å²) >= 11 is 0. The number of hydrogen-bond donors (Lipinski definition) is 3. The number of nitrogens with two attached hydrogens (primary N) is 1. The van der Waals surface area contributed by atoms with Crippen molar-refractivity contribution >= 4 is 11.5 Å². The third-order valence-electron chi connectivity index (χ3n) is 2.51. The van der Waals surface area contributed by atoms with E-state index in [9.17, 15) is 9.18 Å². The van der Waals surface area contributed by atoms with Crippen LogP contribution < -0.4 is 16.6 Å². The number of nitrogens with zero attached hydrogens (tertiary/aromatic N) is 1. The van der Waals surface area contributed by atoms with Gasteiger partial charge in [0.05, 0.1) is 6.33 Å². The molecular weight excluding hydrogens is 235 g/mol. The summed E-state index contributed by atoms with van der Waals surface area (Å²) in [6.07, 6.45) is 1.98. The Bertz CT molecular complexity index is 579. The molecule has 1 heterocycles. The number of halogens is 1. The molecule has 0 saturated heterocycles. The van der Waals surface area contributed by atoms with E-state index in [4.69, 9.17) is 5.73 Å². The van der Waals surface area contributed by atoms with Crippen molar-refractivity contribution in [2.24, 2.45) is 0 Å². The van der Waals surface area contributed by atoms with Gasteiger partial charge in [-0.1, -0.05) is 12.1 Å². The maximum absolute atomic E-state index is 12.7. The molecule has 0 spiro atoms. The van der Waals surface area contributed by atoms with Gasteiger partial charge < -0.3 is 16.0 Å². The van der Waals surface area contributed by atoms with E-state index in [0.717, 1.165) is 5.56 Å². The van der Waals surface area contributed by atoms with Crippen LogP contribution in [0, 0.1) is 5.82 Å². The fraction of sp³-hybridized carbons (Fsp3) is 0.167. The zero-order chi connectivity index (χ0) is 13.0. The molecule has 6 heteroatoms. The second-order valence-corrected chi connectivity index (χ2v) is 3.80. The minimum absolute atomic E-state index is 0.0663. The Labute approximate surface area is 103 Å². The molecule has 2 aromatic rings. The van der Waals surface area contributed by atoms with Crippen molar-refractivity contribution in [1.82, 2.24) is 9.97 Å². The van der Waals surface area contributed by atoms with Crippen LogP contribution in [0.15, 0.2) is 35.4 Å². The lowest BCUT2D eigenvalue weighted by Gasteiger charge is -2.07. The number of H-pyrrole nitrogens is 1. The molecule has 1 aromatic carbocycles. The molecule has 0 aliphatic carbocycles. The van der Waals surface area contributed by atoms with E-state index in [1.54, 1.807) is 12.1 Å². The number of hydrogen-bond acceptors (Lipinski definition) is 4. The molecule has 0 fully saturated rings. The molecule has 2 rings (SSSR count). The average molecular weight is 248 g/mol. The molecule has 0 radical (unpaired) electrons. The third-order valence-corrected chi connectivity index (χ3v) is 2.51. The van der Waals surface area contributed by atoms with E-state index >= 15 is 0 Å². The number of anilines is 2. The number of rotatable bonds is 4. The Balaban J connectivity index is 1.94. The standard InChI is InChI=1S/C12H13FN4O/c13-9-3-1-8(2-4-9)5-6-15-11-10(14)12(18)17-7-16-11/h1-4,7H,5-6,14H2,(H2,15,16,17,18). The van der Waals surface area contributed by atoms with Crippen molar-refractivity contribution in [3.05, 3.63) is 52.3 Å². The summed E-state index contributed by atoms with van der Waals surface area (Å²) < 4.78 is 12.7. The van der Waals surface area contributed by atoms with Gasteiger partial charge in [-0.2, -0.15) is 0 Å². The van der Waals surface area contributed by atoms with Crippen LogP contribution in [-0.4, -0.2) is 16.5 Å². The summed E-state index contributed by atoms with van der Waals surface area (Å²) in [6, 6.07) is 6.25. The van der Waals surface area contributed by atoms with Gasteiger partial charge in [0.2, 0.25) is 0 Å². The van der Waals surface area contributed by atoms with Gasteiger partial charge in [-0.25, -0.2) is 9.37 Å². The van der Waals surface area contributed by atoms with Crippen LogP contribution in [0.3, 0.4) is 0 Å². The Morgan fingerprint density at radius 3 is 2.78 bits per heavy atom. The van der Waals surface area contributed by atoms with E-state index in [0.29, 0.717) is 18.8 Å². The quantitative estimate of drug-likeness (QED) is 0.757. The number of benzene rings is 1. The SMILES string of the molecule is Nc1c(NCCc2ccc(F)cc2)nc[nH]c1=O. The molecular formula is C12H13FN4O.